The van der Waals surface area contributed by atoms with Gasteiger partial charge in [0.25, 0.3) is 0 Å². The number of phenolic OH excluding ortho intramolecular Hbond substituents is 1. The molecular weight excluding hydrogens is 211 g/mol. The van der Waals surface area contributed by atoms with Gasteiger partial charge in [0.15, 0.2) is 0 Å². The van der Waals surface area contributed by atoms with Crippen LogP contribution in [0.1, 0.15) is 11.1 Å². The minimum absolute atomic E-state index is 0.0194. The van der Waals surface area contributed by atoms with Gasteiger partial charge >= 0.3 is 0 Å². The molecule has 0 saturated carbocycles. The van der Waals surface area contributed by atoms with Gasteiger partial charge in [0.05, 0.1) is 6.54 Å². The third-order valence-electron chi connectivity index (χ3n) is 2.03. The molecule has 5 heteroatoms. The topological polar surface area (TPSA) is 52.9 Å². The van der Waals surface area contributed by atoms with Crippen molar-refractivity contribution < 1.29 is 14.3 Å². The first kappa shape index (κ1) is 12.4. The number of isocyanates is 1. The highest BCUT2D eigenvalue weighted by Gasteiger charge is 2.10. The van der Waals surface area contributed by atoms with Crippen molar-refractivity contribution in [3.63, 3.8) is 0 Å². The molecule has 1 aromatic rings. The molecule has 0 fully saturated rings. The summed E-state index contributed by atoms with van der Waals surface area (Å²) in [6.07, 6.45) is 1.35. The van der Waals surface area contributed by atoms with Gasteiger partial charge in [0, 0.05) is 17.7 Å². The number of benzene rings is 1. The van der Waals surface area contributed by atoms with Crippen molar-refractivity contribution in [2.75, 3.05) is 14.1 Å². The summed E-state index contributed by atoms with van der Waals surface area (Å²) in [5.41, 5.74) is 0.765. The third-order valence-corrected chi connectivity index (χ3v) is 2.03. The summed E-state index contributed by atoms with van der Waals surface area (Å²) in [4.78, 5) is 15.1. The van der Waals surface area contributed by atoms with Crippen LogP contribution in [0.2, 0.25) is 0 Å². The Bertz CT molecular complexity index is 426. The number of aromatic hydroxyl groups is 1. The van der Waals surface area contributed by atoms with Gasteiger partial charge in [0.1, 0.15) is 11.6 Å². The average Bonchev–Trinajstić information content (AvgIpc) is 2.20. The van der Waals surface area contributed by atoms with E-state index in [4.69, 9.17) is 0 Å². The molecule has 1 N–H and O–H groups in total. The van der Waals surface area contributed by atoms with Crippen LogP contribution in [0.3, 0.4) is 0 Å². The highest BCUT2D eigenvalue weighted by molar-refractivity contribution is 5.42. The summed E-state index contributed by atoms with van der Waals surface area (Å²) in [6.45, 7) is 0.356. The Morgan fingerprint density at radius 1 is 1.44 bits per heavy atom. The van der Waals surface area contributed by atoms with Gasteiger partial charge in [-0.2, -0.15) is 0 Å². The summed E-state index contributed by atoms with van der Waals surface area (Å²) in [5, 5.41) is 9.81. The molecule has 0 aliphatic heterocycles. The second kappa shape index (κ2) is 5.39. The van der Waals surface area contributed by atoms with E-state index in [0.29, 0.717) is 17.7 Å². The predicted molar refractivity (Wildman–Crippen MR) is 57.3 cm³/mol. The molecule has 1 rings (SSSR count). The summed E-state index contributed by atoms with van der Waals surface area (Å²) in [5.74, 6) is -0.472. The Morgan fingerprint density at radius 3 is 2.62 bits per heavy atom. The van der Waals surface area contributed by atoms with Crippen LogP contribution in [0.15, 0.2) is 17.1 Å². The highest BCUT2D eigenvalue weighted by atomic mass is 19.1. The summed E-state index contributed by atoms with van der Waals surface area (Å²) in [7, 11) is 3.63. The van der Waals surface area contributed by atoms with Crippen LogP contribution in [-0.4, -0.2) is 30.2 Å². The van der Waals surface area contributed by atoms with Crippen LogP contribution in [0.4, 0.5) is 4.39 Å². The maximum absolute atomic E-state index is 13.2. The monoisotopic (exact) mass is 224 g/mol. The van der Waals surface area contributed by atoms with E-state index in [0.717, 1.165) is 6.07 Å². The quantitative estimate of drug-likeness (QED) is 0.621. The van der Waals surface area contributed by atoms with Gasteiger partial charge in [0.2, 0.25) is 6.08 Å². The molecule has 1 aromatic carbocycles. The van der Waals surface area contributed by atoms with Gasteiger partial charge in [-0.15, -0.1) is 0 Å². The molecule has 0 unspecified atom stereocenters. The van der Waals surface area contributed by atoms with E-state index in [9.17, 15) is 14.3 Å². The van der Waals surface area contributed by atoms with E-state index >= 15 is 0 Å². The molecule has 0 aliphatic rings. The number of halogens is 1. The first-order valence-electron chi connectivity index (χ1n) is 4.73. The maximum atomic E-state index is 13.2. The fourth-order valence-electron chi connectivity index (χ4n) is 1.42. The Hall–Kier alpha value is -1.71. The molecule has 0 bridgehead atoms. The summed E-state index contributed by atoms with van der Waals surface area (Å²) in [6, 6.07) is 2.43. The largest absolute Gasteiger partial charge is 0.507 e. The van der Waals surface area contributed by atoms with Crippen molar-refractivity contribution in [2.45, 2.75) is 13.1 Å². The van der Waals surface area contributed by atoms with E-state index in [1.807, 2.05) is 14.1 Å². The lowest BCUT2D eigenvalue weighted by atomic mass is 10.1. The number of nitrogens with zero attached hydrogens (tertiary/aromatic N) is 2. The minimum Gasteiger partial charge on any atom is -0.507 e. The first-order chi connectivity index (χ1) is 7.54. The van der Waals surface area contributed by atoms with Crippen molar-refractivity contribution in [1.29, 1.82) is 0 Å². The zero-order valence-electron chi connectivity index (χ0n) is 9.20. The molecule has 0 heterocycles. The Labute approximate surface area is 93.0 Å². The molecular formula is C11H13FN2O2. The van der Waals surface area contributed by atoms with Crippen LogP contribution in [0.5, 0.6) is 5.75 Å². The first-order valence-corrected chi connectivity index (χ1v) is 4.73. The van der Waals surface area contributed by atoms with Gasteiger partial charge in [-0.3, -0.25) is 0 Å². The van der Waals surface area contributed by atoms with E-state index in [2.05, 4.69) is 4.99 Å². The Morgan fingerprint density at radius 2 is 2.06 bits per heavy atom. The zero-order chi connectivity index (χ0) is 12.1. The van der Waals surface area contributed by atoms with Crippen molar-refractivity contribution in [3.8, 4) is 5.75 Å². The lowest BCUT2D eigenvalue weighted by molar-refractivity contribution is 0.382. The minimum atomic E-state index is -0.453. The SMILES string of the molecule is CN(C)Cc1cc(F)cc(CN=C=O)c1O. The number of hydrogen-bond donors (Lipinski definition) is 1. The molecule has 0 amide bonds. The van der Waals surface area contributed by atoms with Crippen LogP contribution in [-0.2, 0) is 17.9 Å². The number of hydrogen-bond acceptors (Lipinski definition) is 4. The Kier molecular flexibility index (Phi) is 4.17. The number of carbonyl (C=O) groups excluding carboxylic acids is 1. The van der Waals surface area contributed by atoms with E-state index in [1.165, 1.54) is 12.1 Å². The summed E-state index contributed by atoms with van der Waals surface area (Å²) >= 11 is 0. The lowest BCUT2D eigenvalue weighted by Crippen LogP contribution is -2.11. The van der Waals surface area contributed by atoms with Crippen molar-refractivity contribution in [1.82, 2.24) is 4.90 Å². The molecule has 0 radical (unpaired) electrons. The molecule has 0 aliphatic carbocycles. The molecule has 0 saturated heterocycles. The fraction of sp³-hybridized carbons (Fsp3) is 0.364. The number of phenols is 1. The van der Waals surface area contributed by atoms with E-state index in [1.54, 1.807) is 4.90 Å². The molecule has 16 heavy (non-hydrogen) atoms. The van der Waals surface area contributed by atoms with Crippen molar-refractivity contribution >= 4 is 6.08 Å². The van der Waals surface area contributed by atoms with Crippen LogP contribution in [0, 0.1) is 5.82 Å². The van der Waals surface area contributed by atoms with E-state index in [-0.39, 0.29) is 12.3 Å². The third kappa shape index (κ3) is 3.15. The standard InChI is InChI=1S/C11H13FN2O2/c1-14(2)6-9-4-10(12)3-8(11(9)16)5-13-7-15/h3-4,16H,5-6H2,1-2H3. The van der Waals surface area contributed by atoms with Crippen LogP contribution >= 0.6 is 0 Å². The normalized spacial score (nSPS) is 10.2. The lowest BCUT2D eigenvalue weighted by Gasteiger charge is -2.13. The fourth-order valence-corrected chi connectivity index (χ4v) is 1.42. The maximum Gasteiger partial charge on any atom is 0.235 e. The molecule has 86 valence electrons. The van der Waals surface area contributed by atoms with Crippen LogP contribution < -0.4 is 0 Å². The molecule has 4 nitrogen and oxygen atoms in total. The second-order valence-electron chi connectivity index (χ2n) is 3.72. The highest BCUT2D eigenvalue weighted by Crippen LogP contribution is 2.25. The molecule has 0 atom stereocenters. The summed E-state index contributed by atoms with van der Waals surface area (Å²) < 4.78 is 13.2. The van der Waals surface area contributed by atoms with E-state index < -0.39 is 5.82 Å². The van der Waals surface area contributed by atoms with Crippen LogP contribution in [0.25, 0.3) is 0 Å². The molecule has 0 aromatic heterocycles. The number of aliphatic imine (C=N–C) groups is 1. The number of rotatable bonds is 4. The molecule has 0 spiro atoms. The van der Waals surface area contributed by atoms with Crippen molar-refractivity contribution in [2.24, 2.45) is 4.99 Å². The van der Waals surface area contributed by atoms with Crippen molar-refractivity contribution in [3.05, 3.63) is 29.1 Å². The zero-order valence-corrected chi connectivity index (χ0v) is 9.20. The van der Waals surface area contributed by atoms with Gasteiger partial charge in [-0.1, -0.05) is 0 Å². The second-order valence-corrected chi connectivity index (χ2v) is 3.72. The predicted octanol–water partition coefficient (Wildman–Crippen LogP) is 1.43. The average molecular weight is 224 g/mol. The van der Waals surface area contributed by atoms with Gasteiger partial charge in [-0.05, 0) is 26.2 Å². The Balaban J connectivity index is 3.09. The van der Waals surface area contributed by atoms with Gasteiger partial charge in [-0.25, -0.2) is 14.2 Å². The smallest absolute Gasteiger partial charge is 0.235 e. The van der Waals surface area contributed by atoms with Gasteiger partial charge < -0.3 is 10.0 Å².